The lowest BCUT2D eigenvalue weighted by Crippen LogP contribution is -2.27. The second-order valence-corrected chi connectivity index (χ2v) is 3.89. The number of carbonyl (C=O) groups is 1. The highest BCUT2D eigenvalue weighted by molar-refractivity contribution is 6.30. The Hall–Kier alpha value is -1.94. The molecule has 0 unspecified atom stereocenters. The molecule has 0 aliphatic carbocycles. The molecule has 0 aliphatic rings. The van der Waals surface area contributed by atoms with Crippen molar-refractivity contribution in [2.24, 2.45) is 0 Å². The summed E-state index contributed by atoms with van der Waals surface area (Å²) in [7, 11) is 1.68. The van der Waals surface area contributed by atoms with Crippen LogP contribution in [-0.4, -0.2) is 23.2 Å². The molecule has 0 atom stereocenters. The Morgan fingerprint density at radius 1 is 1.24 bits per heavy atom. The first-order valence-corrected chi connectivity index (χ1v) is 5.37. The molecule has 0 N–H and O–H groups in total. The molecule has 86 valence electrons. The first-order valence-electron chi connectivity index (χ1n) is 5.00. The van der Waals surface area contributed by atoms with Crippen LogP contribution in [0.5, 0.6) is 0 Å². The Balaban J connectivity index is 2.23. The summed E-state index contributed by atoms with van der Waals surface area (Å²) in [6.07, 6.45) is 1.53. The van der Waals surface area contributed by atoms with Crippen LogP contribution in [-0.2, 0) is 0 Å². The molecule has 0 bridgehead atoms. The fourth-order valence-corrected chi connectivity index (χ4v) is 1.50. The van der Waals surface area contributed by atoms with Crippen LogP contribution in [0.15, 0.2) is 42.6 Å². The van der Waals surface area contributed by atoms with Crippen LogP contribution in [0.4, 0.5) is 5.69 Å². The Morgan fingerprint density at radius 3 is 2.53 bits per heavy atom. The molecular formula is C12H10ClN3O. The number of rotatable bonds is 2. The lowest BCUT2D eigenvalue weighted by Gasteiger charge is -2.16. The van der Waals surface area contributed by atoms with E-state index >= 15 is 0 Å². The van der Waals surface area contributed by atoms with Gasteiger partial charge in [0, 0.05) is 24.0 Å². The van der Waals surface area contributed by atoms with Crippen LogP contribution >= 0.6 is 11.6 Å². The van der Waals surface area contributed by atoms with Gasteiger partial charge >= 0.3 is 0 Å². The van der Waals surface area contributed by atoms with Crippen molar-refractivity contribution in [1.82, 2.24) is 10.2 Å². The first kappa shape index (κ1) is 11.5. The largest absolute Gasteiger partial charge is 0.310 e. The standard InChI is InChI=1S/C12H10ClN3O/c1-16(10-6-4-9(13)5-7-10)12(17)11-3-2-8-14-15-11/h2-8H,1H3. The molecule has 17 heavy (non-hydrogen) atoms. The number of hydrogen-bond acceptors (Lipinski definition) is 3. The Labute approximate surface area is 104 Å². The van der Waals surface area contributed by atoms with Crippen molar-refractivity contribution in [3.05, 3.63) is 53.3 Å². The molecule has 0 fully saturated rings. The minimum atomic E-state index is -0.208. The van der Waals surface area contributed by atoms with Gasteiger partial charge in [-0.3, -0.25) is 4.79 Å². The number of amides is 1. The van der Waals surface area contributed by atoms with E-state index < -0.39 is 0 Å². The van der Waals surface area contributed by atoms with Gasteiger partial charge in [-0.1, -0.05) is 11.6 Å². The Bertz CT molecular complexity index is 513. The van der Waals surface area contributed by atoms with Crippen molar-refractivity contribution in [1.29, 1.82) is 0 Å². The fraction of sp³-hybridized carbons (Fsp3) is 0.0833. The van der Waals surface area contributed by atoms with E-state index in [2.05, 4.69) is 10.2 Å². The molecule has 0 aliphatic heterocycles. The van der Waals surface area contributed by atoms with Gasteiger partial charge in [-0.25, -0.2) is 0 Å². The van der Waals surface area contributed by atoms with Gasteiger partial charge in [0.05, 0.1) is 0 Å². The highest BCUT2D eigenvalue weighted by Crippen LogP contribution is 2.17. The van der Waals surface area contributed by atoms with Crippen LogP contribution in [0.25, 0.3) is 0 Å². The molecule has 0 spiro atoms. The highest BCUT2D eigenvalue weighted by atomic mass is 35.5. The third-order valence-electron chi connectivity index (χ3n) is 2.31. The van der Waals surface area contributed by atoms with Crippen LogP contribution in [0.1, 0.15) is 10.5 Å². The maximum absolute atomic E-state index is 12.0. The van der Waals surface area contributed by atoms with Crippen molar-refractivity contribution >= 4 is 23.2 Å². The van der Waals surface area contributed by atoms with Gasteiger partial charge in [0.25, 0.3) is 5.91 Å². The summed E-state index contributed by atoms with van der Waals surface area (Å²) in [5, 5.41) is 8.09. The van der Waals surface area contributed by atoms with Gasteiger partial charge in [0.15, 0.2) is 5.69 Å². The number of hydrogen-bond donors (Lipinski definition) is 0. The maximum atomic E-state index is 12.0. The monoisotopic (exact) mass is 247 g/mol. The molecular weight excluding hydrogens is 238 g/mol. The van der Waals surface area contributed by atoms with Crippen molar-refractivity contribution in [2.75, 3.05) is 11.9 Å². The predicted molar refractivity (Wildman–Crippen MR) is 66.2 cm³/mol. The summed E-state index contributed by atoms with van der Waals surface area (Å²) < 4.78 is 0. The quantitative estimate of drug-likeness (QED) is 0.819. The van der Waals surface area contributed by atoms with Crippen LogP contribution in [0.3, 0.4) is 0 Å². The molecule has 1 amide bonds. The number of halogens is 1. The Morgan fingerprint density at radius 2 is 1.94 bits per heavy atom. The maximum Gasteiger partial charge on any atom is 0.278 e. The predicted octanol–water partition coefficient (Wildman–Crippen LogP) is 2.41. The molecule has 1 aromatic carbocycles. The summed E-state index contributed by atoms with van der Waals surface area (Å²) in [6, 6.07) is 10.3. The average molecular weight is 248 g/mol. The molecule has 1 aromatic heterocycles. The zero-order valence-corrected chi connectivity index (χ0v) is 9.93. The molecule has 0 saturated carbocycles. The van der Waals surface area contributed by atoms with Gasteiger partial charge in [0.2, 0.25) is 0 Å². The van der Waals surface area contributed by atoms with E-state index in [4.69, 9.17) is 11.6 Å². The third-order valence-corrected chi connectivity index (χ3v) is 2.56. The second kappa shape index (κ2) is 4.93. The number of benzene rings is 1. The van der Waals surface area contributed by atoms with Crippen molar-refractivity contribution < 1.29 is 4.79 Å². The molecule has 2 aromatic rings. The Kier molecular flexibility index (Phi) is 3.35. The minimum Gasteiger partial charge on any atom is -0.310 e. The van der Waals surface area contributed by atoms with Crippen LogP contribution in [0.2, 0.25) is 5.02 Å². The number of nitrogens with zero attached hydrogens (tertiary/aromatic N) is 3. The van der Waals surface area contributed by atoms with Gasteiger partial charge in [-0.2, -0.15) is 5.10 Å². The lowest BCUT2D eigenvalue weighted by molar-refractivity contribution is 0.0987. The SMILES string of the molecule is CN(C(=O)c1cccnn1)c1ccc(Cl)cc1. The summed E-state index contributed by atoms with van der Waals surface area (Å²) in [5.74, 6) is -0.208. The van der Waals surface area contributed by atoms with Crippen LogP contribution < -0.4 is 4.90 Å². The lowest BCUT2D eigenvalue weighted by atomic mass is 10.2. The van der Waals surface area contributed by atoms with Crippen molar-refractivity contribution in [3.8, 4) is 0 Å². The van der Waals surface area contributed by atoms with Crippen LogP contribution in [0, 0.1) is 0 Å². The van der Waals surface area contributed by atoms with E-state index in [9.17, 15) is 4.79 Å². The molecule has 0 radical (unpaired) electrons. The van der Waals surface area contributed by atoms with E-state index in [1.54, 1.807) is 43.4 Å². The normalized spacial score (nSPS) is 10.0. The van der Waals surface area contributed by atoms with Gasteiger partial charge < -0.3 is 4.90 Å². The van der Waals surface area contributed by atoms with E-state index in [0.717, 1.165) is 5.69 Å². The van der Waals surface area contributed by atoms with E-state index in [0.29, 0.717) is 10.7 Å². The van der Waals surface area contributed by atoms with E-state index in [-0.39, 0.29) is 5.91 Å². The smallest absolute Gasteiger partial charge is 0.278 e. The number of aromatic nitrogens is 2. The van der Waals surface area contributed by atoms with Crippen molar-refractivity contribution in [2.45, 2.75) is 0 Å². The topological polar surface area (TPSA) is 46.1 Å². The third kappa shape index (κ3) is 2.60. The summed E-state index contributed by atoms with van der Waals surface area (Å²) >= 11 is 5.79. The first-order chi connectivity index (χ1) is 8.18. The zero-order valence-electron chi connectivity index (χ0n) is 9.17. The van der Waals surface area contributed by atoms with E-state index in [1.165, 1.54) is 11.1 Å². The highest BCUT2D eigenvalue weighted by Gasteiger charge is 2.14. The van der Waals surface area contributed by atoms with Gasteiger partial charge in [-0.15, -0.1) is 5.10 Å². The van der Waals surface area contributed by atoms with Crippen molar-refractivity contribution in [3.63, 3.8) is 0 Å². The second-order valence-electron chi connectivity index (χ2n) is 3.45. The molecule has 4 nitrogen and oxygen atoms in total. The number of carbonyl (C=O) groups excluding carboxylic acids is 1. The summed E-state index contributed by atoms with van der Waals surface area (Å²) in [5.41, 5.74) is 1.06. The zero-order chi connectivity index (χ0) is 12.3. The summed E-state index contributed by atoms with van der Waals surface area (Å²) in [6.45, 7) is 0. The molecule has 2 rings (SSSR count). The van der Waals surface area contributed by atoms with E-state index in [1.807, 2.05) is 0 Å². The average Bonchev–Trinajstić information content (AvgIpc) is 2.39. The molecule has 1 heterocycles. The fourth-order valence-electron chi connectivity index (χ4n) is 1.37. The summed E-state index contributed by atoms with van der Waals surface area (Å²) in [4.78, 5) is 13.5. The molecule has 5 heteroatoms. The minimum absolute atomic E-state index is 0.208. The van der Waals surface area contributed by atoms with Gasteiger partial charge in [-0.05, 0) is 36.4 Å². The van der Waals surface area contributed by atoms with Gasteiger partial charge in [0.1, 0.15) is 0 Å². The molecule has 0 saturated heterocycles. The number of anilines is 1.